The van der Waals surface area contributed by atoms with Crippen molar-refractivity contribution < 1.29 is 8.78 Å². The lowest BCUT2D eigenvalue weighted by Gasteiger charge is -2.30. The third-order valence-electron chi connectivity index (χ3n) is 7.07. The second kappa shape index (κ2) is 10.2. The Bertz CT molecular complexity index is 954. The van der Waals surface area contributed by atoms with E-state index >= 15 is 0 Å². The molecule has 0 aromatic heterocycles. The van der Waals surface area contributed by atoms with Crippen molar-refractivity contribution in [3.05, 3.63) is 95.6 Å². The predicted molar refractivity (Wildman–Crippen MR) is 125 cm³/mol. The van der Waals surface area contributed by atoms with Crippen molar-refractivity contribution in [2.45, 2.75) is 57.8 Å². The molecule has 3 aromatic carbocycles. The van der Waals surface area contributed by atoms with Crippen molar-refractivity contribution in [2.75, 3.05) is 0 Å². The minimum atomic E-state index is -0.801. The highest BCUT2D eigenvalue weighted by molar-refractivity contribution is 5.63. The Morgan fingerprint density at radius 3 is 2.06 bits per heavy atom. The van der Waals surface area contributed by atoms with E-state index in [-0.39, 0.29) is 0 Å². The summed E-state index contributed by atoms with van der Waals surface area (Å²) in [6.07, 6.45) is 9.05. The van der Waals surface area contributed by atoms with Gasteiger partial charge in [0.15, 0.2) is 11.6 Å². The molecule has 1 aliphatic carbocycles. The maximum atomic E-state index is 13.5. The molecule has 0 spiro atoms. The molecule has 2 heteroatoms. The molecule has 162 valence electrons. The number of halogens is 2. The average Bonchev–Trinajstić information content (AvgIpc) is 2.81. The molecule has 0 unspecified atom stereocenters. The molecule has 0 nitrogen and oxygen atoms in total. The second-order valence-electron chi connectivity index (χ2n) is 9.30. The van der Waals surface area contributed by atoms with Crippen molar-refractivity contribution in [1.29, 1.82) is 0 Å². The maximum absolute atomic E-state index is 13.5. The average molecular weight is 419 g/mol. The van der Waals surface area contributed by atoms with E-state index in [1.54, 1.807) is 6.07 Å². The molecule has 31 heavy (non-hydrogen) atoms. The van der Waals surface area contributed by atoms with Crippen LogP contribution in [0.25, 0.3) is 11.1 Å². The molecule has 0 aliphatic heterocycles. The van der Waals surface area contributed by atoms with Gasteiger partial charge >= 0.3 is 0 Å². The van der Waals surface area contributed by atoms with Gasteiger partial charge < -0.3 is 0 Å². The smallest absolute Gasteiger partial charge is 0.159 e. The van der Waals surface area contributed by atoms with E-state index in [1.165, 1.54) is 61.8 Å². The van der Waals surface area contributed by atoms with Gasteiger partial charge in [0.25, 0.3) is 0 Å². The van der Waals surface area contributed by atoms with Gasteiger partial charge in [0, 0.05) is 0 Å². The fourth-order valence-corrected chi connectivity index (χ4v) is 5.08. The molecule has 1 saturated carbocycles. The molecule has 0 bridgehead atoms. The molecule has 0 saturated heterocycles. The van der Waals surface area contributed by atoms with Crippen LogP contribution >= 0.6 is 0 Å². The van der Waals surface area contributed by atoms with Gasteiger partial charge in [0.05, 0.1) is 0 Å². The molecule has 1 atom stereocenters. The molecular formula is C29H32F2. The lowest BCUT2D eigenvalue weighted by Crippen LogP contribution is -2.16. The van der Waals surface area contributed by atoms with Gasteiger partial charge in [-0.05, 0) is 71.4 Å². The zero-order valence-corrected chi connectivity index (χ0v) is 18.4. The SMILES string of the molecule is C[C@@H](CC1CCC(CCc2ccc(-c3ccc(F)c(F)c3)cc2)CC1)c1ccccc1. The monoisotopic (exact) mass is 418 g/mol. The standard InChI is InChI=1S/C29H32F2/c1-21(25-5-3-2-4-6-25)19-24-11-9-22(10-12-24)7-8-23-13-15-26(16-14-23)27-17-18-28(30)29(31)20-27/h2-6,13-18,20-22,24H,7-12,19H2,1H3/t21-,22?,24?/m0/s1. The summed E-state index contributed by atoms with van der Waals surface area (Å²) in [7, 11) is 0. The normalized spacial score (nSPS) is 19.8. The highest BCUT2D eigenvalue weighted by Gasteiger charge is 2.23. The number of benzene rings is 3. The van der Waals surface area contributed by atoms with Crippen LogP contribution in [-0.2, 0) is 6.42 Å². The van der Waals surface area contributed by atoms with Crippen LogP contribution in [0.1, 0.15) is 62.5 Å². The molecule has 1 fully saturated rings. The van der Waals surface area contributed by atoms with Crippen LogP contribution < -0.4 is 0 Å². The summed E-state index contributed by atoms with van der Waals surface area (Å²) < 4.78 is 26.6. The van der Waals surface area contributed by atoms with Gasteiger partial charge in [-0.1, -0.05) is 93.3 Å². The molecule has 0 heterocycles. The number of aryl methyl sites for hydroxylation is 1. The third-order valence-corrected chi connectivity index (χ3v) is 7.07. The summed E-state index contributed by atoms with van der Waals surface area (Å²) in [6, 6.07) is 23.3. The quantitative estimate of drug-likeness (QED) is 0.360. The van der Waals surface area contributed by atoms with E-state index in [2.05, 4.69) is 49.4 Å². The highest BCUT2D eigenvalue weighted by Crippen LogP contribution is 2.37. The van der Waals surface area contributed by atoms with Crippen LogP contribution in [-0.4, -0.2) is 0 Å². The van der Waals surface area contributed by atoms with Crippen molar-refractivity contribution in [3.8, 4) is 11.1 Å². The fraction of sp³-hybridized carbons (Fsp3) is 0.379. The van der Waals surface area contributed by atoms with Crippen molar-refractivity contribution in [1.82, 2.24) is 0 Å². The van der Waals surface area contributed by atoms with Gasteiger partial charge in [0.1, 0.15) is 0 Å². The van der Waals surface area contributed by atoms with Gasteiger partial charge in [-0.25, -0.2) is 8.78 Å². The Balaban J connectivity index is 1.23. The van der Waals surface area contributed by atoms with E-state index in [9.17, 15) is 8.78 Å². The van der Waals surface area contributed by atoms with E-state index in [4.69, 9.17) is 0 Å². The van der Waals surface area contributed by atoms with Crippen molar-refractivity contribution in [3.63, 3.8) is 0 Å². The summed E-state index contributed by atoms with van der Waals surface area (Å²) in [5.41, 5.74) is 4.44. The molecule has 4 rings (SSSR count). The Labute approximate surface area is 185 Å². The lowest BCUT2D eigenvalue weighted by molar-refractivity contribution is 0.245. The van der Waals surface area contributed by atoms with E-state index in [0.717, 1.165) is 23.8 Å². The first-order valence-corrected chi connectivity index (χ1v) is 11.7. The number of hydrogen-bond acceptors (Lipinski definition) is 0. The Morgan fingerprint density at radius 2 is 1.39 bits per heavy atom. The Hall–Kier alpha value is -2.48. The summed E-state index contributed by atoms with van der Waals surface area (Å²) in [6.45, 7) is 2.37. The maximum Gasteiger partial charge on any atom is 0.159 e. The summed E-state index contributed by atoms with van der Waals surface area (Å²) >= 11 is 0. The Kier molecular flexibility index (Phi) is 7.17. The second-order valence-corrected chi connectivity index (χ2v) is 9.30. The van der Waals surface area contributed by atoms with Crippen LogP contribution in [0.2, 0.25) is 0 Å². The zero-order chi connectivity index (χ0) is 21.6. The zero-order valence-electron chi connectivity index (χ0n) is 18.4. The van der Waals surface area contributed by atoms with Crippen molar-refractivity contribution in [2.24, 2.45) is 11.8 Å². The third kappa shape index (κ3) is 5.81. The molecule has 0 N–H and O–H groups in total. The van der Waals surface area contributed by atoms with Gasteiger partial charge in [-0.15, -0.1) is 0 Å². The number of hydrogen-bond donors (Lipinski definition) is 0. The first-order valence-electron chi connectivity index (χ1n) is 11.7. The highest BCUT2D eigenvalue weighted by atomic mass is 19.2. The van der Waals surface area contributed by atoms with E-state index in [0.29, 0.717) is 11.5 Å². The summed E-state index contributed by atoms with van der Waals surface area (Å²) in [5.74, 6) is 0.742. The summed E-state index contributed by atoms with van der Waals surface area (Å²) in [4.78, 5) is 0. The summed E-state index contributed by atoms with van der Waals surface area (Å²) in [5, 5.41) is 0. The van der Waals surface area contributed by atoms with Crippen LogP contribution in [0.15, 0.2) is 72.8 Å². The first-order chi connectivity index (χ1) is 15.1. The molecule has 0 amide bonds. The van der Waals surface area contributed by atoms with Crippen LogP contribution in [0.3, 0.4) is 0 Å². The topological polar surface area (TPSA) is 0 Å². The molecule has 3 aromatic rings. The minimum Gasteiger partial charge on any atom is -0.204 e. The Morgan fingerprint density at radius 1 is 0.742 bits per heavy atom. The van der Waals surface area contributed by atoms with Crippen molar-refractivity contribution >= 4 is 0 Å². The van der Waals surface area contributed by atoms with Gasteiger partial charge in [-0.3, -0.25) is 0 Å². The van der Waals surface area contributed by atoms with Crippen LogP contribution in [0.5, 0.6) is 0 Å². The minimum absolute atomic E-state index is 0.649. The molecule has 1 aliphatic rings. The van der Waals surface area contributed by atoms with Crippen LogP contribution in [0, 0.1) is 23.5 Å². The van der Waals surface area contributed by atoms with E-state index < -0.39 is 11.6 Å². The fourth-order valence-electron chi connectivity index (χ4n) is 5.08. The molecular weight excluding hydrogens is 386 g/mol. The number of rotatable bonds is 7. The largest absolute Gasteiger partial charge is 0.204 e. The van der Waals surface area contributed by atoms with Crippen LogP contribution in [0.4, 0.5) is 8.78 Å². The lowest BCUT2D eigenvalue weighted by atomic mass is 9.75. The van der Waals surface area contributed by atoms with E-state index in [1.807, 2.05) is 12.1 Å². The van der Waals surface area contributed by atoms with Gasteiger partial charge in [0.2, 0.25) is 0 Å². The predicted octanol–water partition coefficient (Wildman–Crippen LogP) is 8.56. The first kappa shape index (κ1) is 21.7. The molecule has 0 radical (unpaired) electrons. The van der Waals surface area contributed by atoms with Gasteiger partial charge in [-0.2, -0.15) is 0 Å².